The topological polar surface area (TPSA) is 45.3 Å². The summed E-state index contributed by atoms with van der Waals surface area (Å²) in [4.78, 5) is 18.2. The molecule has 0 radical (unpaired) electrons. The van der Waals surface area contributed by atoms with Gasteiger partial charge in [-0.3, -0.25) is 4.79 Å². The highest BCUT2D eigenvalue weighted by Crippen LogP contribution is 2.31. The number of carbonyl (C=O) groups is 1. The third-order valence-corrected chi connectivity index (χ3v) is 5.39. The van der Waals surface area contributed by atoms with Crippen LogP contribution in [0.2, 0.25) is 0 Å². The van der Waals surface area contributed by atoms with Gasteiger partial charge in [0.1, 0.15) is 5.75 Å². The second-order valence-electron chi connectivity index (χ2n) is 7.01. The van der Waals surface area contributed by atoms with E-state index in [2.05, 4.69) is 35.3 Å². The third-order valence-electron chi connectivity index (χ3n) is 5.39. The first-order chi connectivity index (χ1) is 12.8. The van der Waals surface area contributed by atoms with Gasteiger partial charge >= 0.3 is 0 Å². The van der Waals surface area contributed by atoms with Crippen LogP contribution in [0.3, 0.4) is 0 Å². The first-order valence-electron chi connectivity index (χ1n) is 9.23. The number of H-pyrrole nitrogens is 1. The van der Waals surface area contributed by atoms with Crippen LogP contribution in [0.5, 0.6) is 5.75 Å². The largest absolute Gasteiger partial charge is 0.495 e. The maximum atomic E-state index is 13.0. The number of likely N-dealkylation sites (tertiary alicyclic amines) is 1. The van der Waals surface area contributed by atoms with Crippen LogP contribution in [-0.4, -0.2) is 36.0 Å². The van der Waals surface area contributed by atoms with Gasteiger partial charge in [-0.05, 0) is 48.9 Å². The Morgan fingerprint density at radius 2 is 1.88 bits per heavy atom. The highest BCUT2D eigenvalue weighted by atomic mass is 16.5. The molecule has 0 spiro atoms. The van der Waals surface area contributed by atoms with Crippen LogP contribution < -0.4 is 4.74 Å². The molecule has 1 amide bonds. The van der Waals surface area contributed by atoms with Crippen molar-refractivity contribution in [1.29, 1.82) is 0 Å². The number of fused-ring (bicyclic) bond motifs is 1. The molecule has 0 saturated carbocycles. The molecule has 26 heavy (non-hydrogen) atoms. The molecule has 1 saturated heterocycles. The Morgan fingerprint density at radius 3 is 2.62 bits per heavy atom. The normalized spacial score (nSPS) is 15.3. The van der Waals surface area contributed by atoms with Crippen molar-refractivity contribution in [3.05, 3.63) is 65.9 Å². The second-order valence-corrected chi connectivity index (χ2v) is 7.01. The minimum atomic E-state index is 0.0723. The number of rotatable bonds is 4. The molecule has 1 fully saturated rings. The van der Waals surface area contributed by atoms with Crippen LogP contribution in [0.4, 0.5) is 0 Å². The van der Waals surface area contributed by atoms with E-state index in [4.69, 9.17) is 4.74 Å². The van der Waals surface area contributed by atoms with Crippen molar-refractivity contribution in [3.8, 4) is 5.75 Å². The van der Waals surface area contributed by atoms with Gasteiger partial charge in [-0.15, -0.1) is 0 Å². The molecule has 4 rings (SSSR count). The lowest BCUT2D eigenvalue weighted by molar-refractivity contribution is 0.0687. The van der Waals surface area contributed by atoms with E-state index >= 15 is 0 Å². The number of methoxy groups -OCH3 is 1. The molecule has 1 aliphatic rings. The Balaban J connectivity index is 1.45. The number of carbonyl (C=O) groups excluding carboxylic acids is 1. The summed E-state index contributed by atoms with van der Waals surface area (Å²) in [7, 11) is 1.63. The molecule has 134 valence electrons. The first-order valence-corrected chi connectivity index (χ1v) is 9.23. The average molecular weight is 348 g/mol. The number of aromatic nitrogens is 1. The Hall–Kier alpha value is -2.75. The SMILES string of the molecule is COc1c(C(=O)N2CCC(Cc3ccccc3)CC2)ccc2[nH]ccc12. The van der Waals surface area contributed by atoms with Crippen LogP contribution in [0.1, 0.15) is 28.8 Å². The summed E-state index contributed by atoms with van der Waals surface area (Å²) in [5.74, 6) is 1.39. The van der Waals surface area contributed by atoms with Crippen LogP contribution >= 0.6 is 0 Å². The molecule has 0 unspecified atom stereocenters. The lowest BCUT2D eigenvalue weighted by Crippen LogP contribution is -2.39. The molecule has 4 heteroatoms. The quantitative estimate of drug-likeness (QED) is 0.765. The molecule has 2 heterocycles. The number of hydrogen-bond acceptors (Lipinski definition) is 2. The molecule has 1 N–H and O–H groups in total. The van der Waals surface area contributed by atoms with Gasteiger partial charge < -0.3 is 14.6 Å². The molecular formula is C22H24N2O2. The first kappa shape index (κ1) is 16.7. The number of hydrogen-bond donors (Lipinski definition) is 1. The number of piperidine rings is 1. The number of benzene rings is 2. The van der Waals surface area contributed by atoms with Gasteiger partial charge in [-0.2, -0.15) is 0 Å². The molecule has 2 aromatic carbocycles. The van der Waals surface area contributed by atoms with Crippen molar-refractivity contribution in [3.63, 3.8) is 0 Å². The lowest BCUT2D eigenvalue weighted by atomic mass is 9.90. The lowest BCUT2D eigenvalue weighted by Gasteiger charge is -2.32. The smallest absolute Gasteiger partial charge is 0.257 e. The van der Waals surface area contributed by atoms with Gasteiger partial charge in [0.15, 0.2) is 0 Å². The van der Waals surface area contributed by atoms with E-state index in [1.54, 1.807) is 7.11 Å². The van der Waals surface area contributed by atoms with E-state index in [1.807, 2.05) is 29.3 Å². The second kappa shape index (κ2) is 7.24. The number of amides is 1. The zero-order valence-electron chi connectivity index (χ0n) is 15.1. The fourth-order valence-corrected chi connectivity index (χ4v) is 3.95. The van der Waals surface area contributed by atoms with Crippen molar-refractivity contribution in [2.75, 3.05) is 20.2 Å². The zero-order valence-corrected chi connectivity index (χ0v) is 15.1. The summed E-state index contributed by atoms with van der Waals surface area (Å²) in [6.45, 7) is 1.62. The summed E-state index contributed by atoms with van der Waals surface area (Å²) in [6, 6.07) is 16.4. The van der Waals surface area contributed by atoms with Crippen molar-refractivity contribution < 1.29 is 9.53 Å². The highest BCUT2D eigenvalue weighted by Gasteiger charge is 2.26. The van der Waals surface area contributed by atoms with E-state index in [1.165, 1.54) is 5.56 Å². The Labute approximate surface area is 153 Å². The summed E-state index contributed by atoms with van der Waals surface area (Å²) < 4.78 is 5.56. The Kier molecular flexibility index (Phi) is 4.65. The fraction of sp³-hybridized carbons (Fsp3) is 0.318. The minimum Gasteiger partial charge on any atom is -0.495 e. The van der Waals surface area contributed by atoms with Crippen LogP contribution in [0.15, 0.2) is 54.7 Å². The molecule has 1 aliphatic heterocycles. The van der Waals surface area contributed by atoms with E-state index in [9.17, 15) is 4.79 Å². The highest BCUT2D eigenvalue weighted by molar-refractivity contribution is 6.03. The van der Waals surface area contributed by atoms with Gasteiger partial charge in [-0.1, -0.05) is 30.3 Å². The number of nitrogens with zero attached hydrogens (tertiary/aromatic N) is 1. The van der Waals surface area contributed by atoms with Crippen molar-refractivity contribution in [1.82, 2.24) is 9.88 Å². The predicted molar refractivity (Wildman–Crippen MR) is 104 cm³/mol. The van der Waals surface area contributed by atoms with Gasteiger partial charge in [-0.25, -0.2) is 0 Å². The van der Waals surface area contributed by atoms with Gasteiger partial charge in [0.05, 0.1) is 12.7 Å². The van der Waals surface area contributed by atoms with Crippen molar-refractivity contribution in [2.45, 2.75) is 19.3 Å². The predicted octanol–water partition coefficient (Wildman–Crippen LogP) is 4.27. The Morgan fingerprint density at radius 1 is 1.12 bits per heavy atom. The van der Waals surface area contributed by atoms with Crippen LogP contribution in [0.25, 0.3) is 10.9 Å². The van der Waals surface area contributed by atoms with E-state index in [0.29, 0.717) is 17.2 Å². The van der Waals surface area contributed by atoms with Crippen LogP contribution in [-0.2, 0) is 6.42 Å². The number of ether oxygens (including phenoxy) is 1. The fourth-order valence-electron chi connectivity index (χ4n) is 3.95. The zero-order chi connectivity index (χ0) is 17.9. The molecule has 1 aromatic heterocycles. The molecule has 0 atom stereocenters. The van der Waals surface area contributed by atoms with E-state index in [0.717, 1.165) is 43.3 Å². The van der Waals surface area contributed by atoms with Gasteiger partial charge in [0, 0.05) is 30.2 Å². The minimum absolute atomic E-state index is 0.0723. The summed E-state index contributed by atoms with van der Waals surface area (Å²) in [5, 5.41) is 0.956. The number of aromatic amines is 1. The standard InChI is InChI=1S/C22H24N2O2/c1-26-21-18-9-12-23-20(18)8-7-19(21)22(25)24-13-10-17(11-14-24)15-16-5-3-2-4-6-16/h2-9,12,17,23H,10-11,13-15H2,1H3. The summed E-state index contributed by atoms with van der Waals surface area (Å²) >= 11 is 0. The maximum absolute atomic E-state index is 13.0. The van der Waals surface area contributed by atoms with Crippen molar-refractivity contribution in [2.24, 2.45) is 5.92 Å². The van der Waals surface area contributed by atoms with E-state index in [-0.39, 0.29) is 5.91 Å². The summed E-state index contributed by atoms with van der Waals surface area (Å²) in [6.07, 6.45) is 5.07. The molecule has 0 aliphatic carbocycles. The maximum Gasteiger partial charge on any atom is 0.257 e. The summed E-state index contributed by atoms with van der Waals surface area (Å²) in [5.41, 5.74) is 3.03. The van der Waals surface area contributed by atoms with Gasteiger partial charge in [0.2, 0.25) is 0 Å². The molecular weight excluding hydrogens is 324 g/mol. The Bertz CT molecular complexity index is 893. The molecule has 4 nitrogen and oxygen atoms in total. The number of nitrogens with one attached hydrogen (secondary N) is 1. The van der Waals surface area contributed by atoms with Gasteiger partial charge in [0.25, 0.3) is 5.91 Å². The van der Waals surface area contributed by atoms with E-state index < -0.39 is 0 Å². The van der Waals surface area contributed by atoms with Crippen molar-refractivity contribution >= 4 is 16.8 Å². The molecule has 0 bridgehead atoms. The molecule has 3 aromatic rings. The monoisotopic (exact) mass is 348 g/mol. The average Bonchev–Trinajstić information content (AvgIpc) is 3.17. The third kappa shape index (κ3) is 3.19. The van der Waals surface area contributed by atoms with Crippen LogP contribution in [0, 0.1) is 5.92 Å².